The number of nitrogens with one attached hydrogen (secondary N) is 1. The summed E-state index contributed by atoms with van der Waals surface area (Å²) in [5, 5.41) is 23.0. The first-order valence-electron chi connectivity index (χ1n) is 7.64. The standard InChI is InChI=1S/C18H8Cl3N5O2/c19-10-3-1-9(2-4-10)12(7-22)16-13(20)5-11(6-14(16)21)26-18(28)24-17(27)15(8-23)25-26/h1-6,12H,(H,24,27,28)/i15+1,17+1,18+1,24+1,25+1. The molecule has 0 saturated heterocycles. The smallest absolute Gasteiger partial charge is 0.270 e. The summed E-state index contributed by atoms with van der Waals surface area (Å²) in [7, 11) is 0. The van der Waals surface area contributed by atoms with E-state index < -0.39 is 22.9 Å². The van der Waals surface area contributed by atoms with Crippen LogP contribution in [0.1, 0.15) is 22.7 Å². The Balaban J connectivity index is 2.16. The third-order valence-electron chi connectivity index (χ3n) is 3.86. The summed E-state index contributed by atoms with van der Waals surface area (Å²) in [5.74, 6) is -0.777. The van der Waals surface area contributed by atoms with E-state index in [0.717, 1.165) is 4.68 Å². The molecule has 0 fully saturated rings. The zero-order valence-electron chi connectivity index (χ0n) is 13.8. The lowest BCUT2D eigenvalue weighted by atomic mass is 9.92. The maximum absolute atomic E-state index is 12.0. The van der Waals surface area contributed by atoms with Crippen LogP contribution < -0.4 is 11.2 Å². The van der Waals surface area contributed by atoms with Crippen LogP contribution in [0.4, 0.5) is 0 Å². The molecule has 1 N–H and O–H groups in total. The Morgan fingerprint density at radius 2 is 1.64 bits per heavy atom. The molecule has 1 atom stereocenters. The quantitative estimate of drug-likeness (QED) is 0.674. The van der Waals surface area contributed by atoms with Crippen LogP contribution in [0.15, 0.2) is 46.0 Å². The Labute approximate surface area is 172 Å². The third-order valence-corrected chi connectivity index (χ3v) is 4.74. The van der Waals surface area contributed by atoms with Crippen molar-refractivity contribution in [2.75, 3.05) is 0 Å². The molecule has 0 aliphatic carbocycles. The van der Waals surface area contributed by atoms with Crippen LogP contribution in [0.5, 0.6) is 0 Å². The summed E-state index contributed by atoms with van der Waals surface area (Å²) in [6.45, 7) is 0. The van der Waals surface area contributed by atoms with E-state index in [1.54, 1.807) is 30.3 Å². The van der Waals surface area contributed by atoms with E-state index in [1.807, 2.05) is 4.98 Å². The lowest BCUT2D eigenvalue weighted by Gasteiger charge is -2.15. The number of aromatic amines is 1. The van der Waals surface area contributed by atoms with Gasteiger partial charge >= 0.3 is 5.69 Å². The van der Waals surface area contributed by atoms with E-state index in [4.69, 9.17) is 40.1 Å². The van der Waals surface area contributed by atoms with Crippen molar-refractivity contribution < 1.29 is 0 Å². The van der Waals surface area contributed by atoms with Crippen LogP contribution in [0, 0.1) is 22.7 Å². The molecule has 3 rings (SSSR count). The molecule has 0 aliphatic rings. The Kier molecular flexibility index (Phi) is 5.53. The molecule has 0 amide bonds. The zero-order valence-corrected chi connectivity index (χ0v) is 16.0. The van der Waals surface area contributed by atoms with Gasteiger partial charge < -0.3 is 0 Å². The van der Waals surface area contributed by atoms with Gasteiger partial charge in [0.05, 0.1) is 17.7 Å². The number of nitriles is 2. The van der Waals surface area contributed by atoms with Crippen LogP contribution in [0.3, 0.4) is 0 Å². The van der Waals surface area contributed by atoms with Crippen molar-refractivity contribution in [1.82, 2.24) is 14.8 Å². The van der Waals surface area contributed by atoms with E-state index in [9.17, 15) is 14.9 Å². The molecule has 0 spiro atoms. The van der Waals surface area contributed by atoms with E-state index in [-0.39, 0.29) is 15.7 Å². The van der Waals surface area contributed by atoms with Gasteiger partial charge in [0.25, 0.3) is 5.56 Å². The minimum atomic E-state index is -0.898. The summed E-state index contributed by atoms with van der Waals surface area (Å²) in [4.78, 5) is 25.5. The van der Waals surface area contributed by atoms with Gasteiger partial charge in [0, 0.05) is 20.6 Å². The maximum atomic E-state index is 12.0. The number of benzene rings is 2. The van der Waals surface area contributed by atoms with Crippen LogP contribution in [0.25, 0.3) is 5.69 Å². The molecule has 0 radical (unpaired) electrons. The van der Waals surface area contributed by atoms with E-state index in [0.29, 0.717) is 16.1 Å². The van der Waals surface area contributed by atoms with Crippen molar-refractivity contribution in [2.24, 2.45) is 0 Å². The molecule has 1 heterocycles. The highest BCUT2D eigenvalue weighted by Crippen LogP contribution is 2.37. The van der Waals surface area contributed by atoms with Gasteiger partial charge in [-0.15, -0.1) is 5.10 Å². The second kappa shape index (κ2) is 7.87. The summed E-state index contributed by atoms with van der Waals surface area (Å²) < 4.78 is 0.797. The van der Waals surface area contributed by atoms with Gasteiger partial charge in [-0.25, -0.2) is 4.79 Å². The molecule has 10 heteroatoms. The van der Waals surface area contributed by atoms with Crippen molar-refractivity contribution >= 4 is 34.8 Å². The SMILES string of the molecule is N#CC(c1ccc(Cl)cc1)c1c(Cl)cc(-n2[15n][13c](C#N)[13c](=O)[15nH][13c]2=O)cc1Cl. The number of nitrogens with zero attached hydrogens (tertiary/aromatic N) is 4. The highest BCUT2D eigenvalue weighted by molar-refractivity contribution is 6.36. The number of hydrogen-bond donors (Lipinski definition) is 1. The Morgan fingerprint density at radius 1 is 1.04 bits per heavy atom. The Bertz CT molecular complexity index is 1240. The van der Waals surface area contributed by atoms with Gasteiger partial charge in [0.1, 0.15) is 6.07 Å². The number of rotatable bonds is 3. The molecular formula is C18H8Cl3N5O2. The summed E-state index contributed by atoms with van der Waals surface area (Å²) in [6, 6.07) is 13.1. The average Bonchev–Trinajstić information content (AvgIpc) is 2.65. The van der Waals surface area contributed by atoms with E-state index in [1.165, 1.54) is 12.1 Å². The molecule has 2 aromatic carbocycles. The van der Waals surface area contributed by atoms with Crippen molar-refractivity contribution in [3.05, 3.63) is 89.1 Å². The topological polar surface area (TPSA) is 115 Å². The zero-order chi connectivity index (χ0) is 20.4. The minimum Gasteiger partial charge on any atom is -0.270 e. The monoisotopic (exact) mass is 436 g/mol. The van der Waals surface area contributed by atoms with Crippen LogP contribution >= 0.6 is 34.8 Å². The molecule has 0 aliphatic heterocycles. The summed E-state index contributed by atoms with van der Waals surface area (Å²) in [6.07, 6.45) is 0. The lowest BCUT2D eigenvalue weighted by molar-refractivity contribution is 0.740. The van der Waals surface area contributed by atoms with Gasteiger partial charge in [0.15, 0.2) is 0 Å². The highest BCUT2D eigenvalue weighted by atomic mass is 35.5. The van der Waals surface area contributed by atoms with Crippen LogP contribution in [-0.2, 0) is 0 Å². The van der Waals surface area contributed by atoms with Crippen LogP contribution in [0.2, 0.25) is 15.1 Å². The number of hydrogen-bond acceptors (Lipinski definition) is 5. The number of aromatic nitrogens is 3. The van der Waals surface area contributed by atoms with Gasteiger partial charge in [-0.1, -0.05) is 46.9 Å². The highest BCUT2D eigenvalue weighted by Gasteiger charge is 2.22. The second-order valence-electron chi connectivity index (χ2n) is 5.57. The van der Waals surface area contributed by atoms with Gasteiger partial charge in [-0.2, -0.15) is 15.2 Å². The first kappa shape index (κ1) is 19.7. The third kappa shape index (κ3) is 3.64. The van der Waals surface area contributed by atoms with Crippen molar-refractivity contribution in [3.63, 3.8) is 0 Å². The minimum absolute atomic E-state index is 0.113. The fraction of sp³-hybridized carbons (Fsp3) is 0.0556. The van der Waals surface area contributed by atoms with Crippen molar-refractivity contribution in [3.8, 4) is 17.8 Å². The second-order valence-corrected chi connectivity index (χ2v) is 6.82. The largest absolute Gasteiger partial charge is 0.349 e. The van der Waals surface area contributed by atoms with Crippen molar-refractivity contribution in [2.45, 2.75) is 5.92 Å². The molecule has 3 aromatic rings. The summed E-state index contributed by atoms with van der Waals surface area (Å²) >= 11 is 18.6. The molecule has 0 saturated carbocycles. The van der Waals surface area contributed by atoms with E-state index >= 15 is 0 Å². The molecule has 1 aromatic heterocycles. The van der Waals surface area contributed by atoms with Crippen molar-refractivity contribution in [1.29, 1.82) is 10.5 Å². The molecule has 0 bridgehead atoms. The average molecular weight is 438 g/mol. The summed E-state index contributed by atoms with van der Waals surface area (Å²) in [5.41, 5.74) is -1.15. The predicted molar refractivity (Wildman–Crippen MR) is 104 cm³/mol. The Hall–Kier alpha value is -3.10. The van der Waals surface area contributed by atoms with E-state index in [2.05, 4.69) is 11.2 Å². The fourth-order valence-corrected chi connectivity index (χ4v) is 3.40. The molecule has 7 nitrogen and oxygen atoms in total. The first-order chi connectivity index (χ1) is 13.3. The predicted octanol–water partition coefficient (Wildman–Crippen LogP) is 3.41. The Morgan fingerprint density at radius 3 is 2.18 bits per heavy atom. The normalized spacial score (nSPS) is 11.5. The van der Waals surface area contributed by atoms with Crippen LogP contribution in [-0.4, -0.2) is 14.8 Å². The first-order valence-corrected chi connectivity index (χ1v) is 8.77. The molecular weight excluding hydrogens is 430 g/mol. The number of halogens is 3. The molecule has 1 unspecified atom stereocenters. The van der Waals surface area contributed by atoms with Gasteiger partial charge in [-0.05, 0) is 29.8 Å². The molecule has 28 heavy (non-hydrogen) atoms. The number of H-pyrrole nitrogens is 1. The lowest BCUT2D eigenvalue weighted by Crippen LogP contribution is -2.33. The van der Waals surface area contributed by atoms with Gasteiger partial charge in [0.2, 0.25) is 5.69 Å². The fourth-order valence-electron chi connectivity index (χ4n) is 2.58. The van der Waals surface area contributed by atoms with Gasteiger partial charge in [-0.3, -0.25) is 9.78 Å². The maximum Gasteiger partial charge on any atom is 0.349 e. The molecule has 138 valence electrons.